The van der Waals surface area contributed by atoms with Gasteiger partial charge < -0.3 is 9.32 Å². The molecule has 0 radical (unpaired) electrons. The summed E-state index contributed by atoms with van der Waals surface area (Å²) in [6, 6.07) is 16.7. The summed E-state index contributed by atoms with van der Waals surface area (Å²) < 4.78 is 32.2. The fraction of sp³-hybridized carbons (Fsp3) is 0.263. The summed E-state index contributed by atoms with van der Waals surface area (Å²) in [7, 11) is -3.32. The van der Waals surface area contributed by atoms with Gasteiger partial charge in [-0.2, -0.15) is 4.31 Å². The lowest BCUT2D eigenvalue weighted by atomic mass is 10.2. The molecule has 1 fully saturated rings. The van der Waals surface area contributed by atoms with Gasteiger partial charge in [-0.1, -0.05) is 30.3 Å². The molecule has 0 unspecified atom stereocenters. The van der Waals surface area contributed by atoms with E-state index in [0.717, 1.165) is 11.4 Å². The van der Waals surface area contributed by atoms with Crippen LogP contribution in [0.4, 0.5) is 5.82 Å². The van der Waals surface area contributed by atoms with Gasteiger partial charge in [-0.05, 0) is 29.8 Å². The van der Waals surface area contributed by atoms with Crippen LogP contribution in [0.3, 0.4) is 0 Å². The molecule has 1 aromatic carbocycles. The van der Waals surface area contributed by atoms with Gasteiger partial charge >= 0.3 is 0 Å². The van der Waals surface area contributed by atoms with E-state index in [4.69, 9.17) is 4.42 Å². The van der Waals surface area contributed by atoms with Crippen LogP contribution < -0.4 is 4.90 Å². The third-order valence-corrected chi connectivity index (χ3v) is 6.42. The molecule has 0 saturated carbocycles. The zero-order chi connectivity index (χ0) is 18.7. The van der Waals surface area contributed by atoms with Gasteiger partial charge in [-0.25, -0.2) is 8.42 Å². The second-order valence-electron chi connectivity index (χ2n) is 6.38. The van der Waals surface area contributed by atoms with Crippen molar-refractivity contribution >= 4 is 15.8 Å². The maximum Gasteiger partial charge on any atom is 0.218 e. The Bertz CT molecular complexity index is 966. The van der Waals surface area contributed by atoms with Crippen LogP contribution in [0.1, 0.15) is 5.56 Å². The number of hydrogen-bond donors (Lipinski definition) is 0. The number of rotatable bonds is 5. The van der Waals surface area contributed by atoms with Crippen LogP contribution in [-0.4, -0.2) is 49.1 Å². The number of anilines is 1. The molecule has 1 saturated heterocycles. The van der Waals surface area contributed by atoms with E-state index in [1.807, 2.05) is 53.4 Å². The van der Waals surface area contributed by atoms with Crippen molar-refractivity contribution in [3.05, 3.63) is 66.4 Å². The molecule has 0 amide bonds. The number of nitrogens with zero attached hydrogens (tertiary/aromatic N) is 4. The lowest BCUT2D eigenvalue weighted by Crippen LogP contribution is -2.49. The predicted molar refractivity (Wildman–Crippen MR) is 103 cm³/mol. The first-order valence-corrected chi connectivity index (χ1v) is 10.4. The van der Waals surface area contributed by atoms with E-state index < -0.39 is 10.0 Å². The zero-order valence-corrected chi connectivity index (χ0v) is 15.5. The molecule has 8 heteroatoms. The van der Waals surface area contributed by atoms with Crippen molar-refractivity contribution in [2.45, 2.75) is 5.75 Å². The first kappa shape index (κ1) is 17.7. The van der Waals surface area contributed by atoms with Crippen molar-refractivity contribution in [1.82, 2.24) is 14.5 Å². The second kappa shape index (κ2) is 7.50. The van der Waals surface area contributed by atoms with Crippen LogP contribution in [0.15, 0.2) is 65.3 Å². The first-order chi connectivity index (χ1) is 13.1. The van der Waals surface area contributed by atoms with E-state index in [2.05, 4.69) is 10.2 Å². The summed E-state index contributed by atoms with van der Waals surface area (Å²) in [6.45, 7) is 2.05. The molecule has 1 aliphatic heterocycles. The van der Waals surface area contributed by atoms with Gasteiger partial charge in [0.1, 0.15) is 5.69 Å². The summed E-state index contributed by atoms with van der Waals surface area (Å²) in [5, 5.41) is 8.46. The largest absolute Gasteiger partial charge is 0.463 e. The molecule has 0 N–H and O–H groups in total. The first-order valence-electron chi connectivity index (χ1n) is 8.76. The molecule has 1 aliphatic rings. The maximum atomic E-state index is 12.6. The standard InChI is InChI=1S/C19H20N4O3S/c24-27(25,15-16-5-2-1-3-6-16)23-12-10-22(11-13-23)19-9-8-17(20-21-19)18-7-4-14-26-18/h1-9,14H,10-13,15H2. The second-order valence-corrected chi connectivity index (χ2v) is 8.35. The van der Waals surface area contributed by atoms with Crippen molar-refractivity contribution in [3.63, 3.8) is 0 Å². The lowest BCUT2D eigenvalue weighted by molar-refractivity contribution is 0.383. The van der Waals surface area contributed by atoms with Gasteiger partial charge in [0.05, 0.1) is 12.0 Å². The van der Waals surface area contributed by atoms with Crippen molar-refractivity contribution in [3.8, 4) is 11.5 Å². The number of piperazine rings is 1. The van der Waals surface area contributed by atoms with Crippen molar-refractivity contribution in [2.75, 3.05) is 31.1 Å². The third-order valence-electron chi connectivity index (χ3n) is 4.57. The predicted octanol–water partition coefficient (Wildman–Crippen LogP) is 2.39. The quantitative estimate of drug-likeness (QED) is 0.672. The molecule has 3 heterocycles. The minimum atomic E-state index is -3.32. The van der Waals surface area contributed by atoms with E-state index in [0.29, 0.717) is 37.6 Å². The normalized spacial score (nSPS) is 15.8. The summed E-state index contributed by atoms with van der Waals surface area (Å²) >= 11 is 0. The van der Waals surface area contributed by atoms with Gasteiger partial charge in [0.2, 0.25) is 10.0 Å². The van der Waals surface area contributed by atoms with Gasteiger partial charge in [0, 0.05) is 26.2 Å². The molecule has 7 nitrogen and oxygen atoms in total. The Labute approximate surface area is 158 Å². The maximum absolute atomic E-state index is 12.6. The Hall–Kier alpha value is -2.71. The van der Waals surface area contributed by atoms with Crippen LogP contribution in [-0.2, 0) is 15.8 Å². The zero-order valence-electron chi connectivity index (χ0n) is 14.7. The molecule has 3 aromatic rings. The highest BCUT2D eigenvalue weighted by molar-refractivity contribution is 7.88. The van der Waals surface area contributed by atoms with E-state index in [1.165, 1.54) is 0 Å². The Morgan fingerprint density at radius 2 is 1.67 bits per heavy atom. The third kappa shape index (κ3) is 4.01. The monoisotopic (exact) mass is 384 g/mol. The molecular formula is C19H20N4O3S. The SMILES string of the molecule is O=S(=O)(Cc1ccccc1)N1CCN(c2ccc(-c3ccco3)nn2)CC1. The molecule has 0 bridgehead atoms. The van der Waals surface area contributed by atoms with E-state index in [9.17, 15) is 8.42 Å². The summed E-state index contributed by atoms with van der Waals surface area (Å²) in [6.07, 6.45) is 1.60. The highest BCUT2D eigenvalue weighted by Gasteiger charge is 2.27. The van der Waals surface area contributed by atoms with Crippen LogP contribution in [0.25, 0.3) is 11.5 Å². The number of benzene rings is 1. The number of aromatic nitrogens is 2. The topological polar surface area (TPSA) is 79.5 Å². The average Bonchev–Trinajstić information content (AvgIpc) is 3.24. The lowest BCUT2D eigenvalue weighted by Gasteiger charge is -2.34. The van der Waals surface area contributed by atoms with Crippen molar-refractivity contribution in [1.29, 1.82) is 0 Å². The summed E-state index contributed by atoms with van der Waals surface area (Å²) in [5.41, 5.74) is 1.48. The van der Waals surface area contributed by atoms with E-state index >= 15 is 0 Å². The molecule has 0 atom stereocenters. The summed E-state index contributed by atoms with van der Waals surface area (Å²) in [5.74, 6) is 1.45. The molecule has 27 heavy (non-hydrogen) atoms. The van der Waals surface area contributed by atoms with E-state index in [1.54, 1.807) is 16.6 Å². The Kier molecular flexibility index (Phi) is 4.91. The van der Waals surface area contributed by atoms with Gasteiger partial charge in [0.15, 0.2) is 11.6 Å². The fourth-order valence-electron chi connectivity index (χ4n) is 3.12. The molecule has 2 aromatic heterocycles. The Balaban J connectivity index is 1.38. The minimum Gasteiger partial charge on any atom is -0.463 e. The smallest absolute Gasteiger partial charge is 0.218 e. The Morgan fingerprint density at radius 3 is 2.30 bits per heavy atom. The molecule has 0 aliphatic carbocycles. The van der Waals surface area contributed by atoms with Crippen molar-refractivity contribution in [2.24, 2.45) is 0 Å². The van der Waals surface area contributed by atoms with Crippen LogP contribution in [0.5, 0.6) is 0 Å². The van der Waals surface area contributed by atoms with Crippen LogP contribution in [0, 0.1) is 0 Å². The summed E-state index contributed by atoms with van der Waals surface area (Å²) in [4.78, 5) is 2.05. The molecule has 140 valence electrons. The number of hydrogen-bond acceptors (Lipinski definition) is 6. The Morgan fingerprint density at radius 1 is 0.889 bits per heavy atom. The highest BCUT2D eigenvalue weighted by atomic mass is 32.2. The average molecular weight is 384 g/mol. The molecular weight excluding hydrogens is 364 g/mol. The van der Waals surface area contributed by atoms with Crippen molar-refractivity contribution < 1.29 is 12.8 Å². The van der Waals surface area contributed by atoms with Gasteiger partial charge in [-0.3, -0.25) is 0 Å². The molecule has 0 spiro atoms. The van der Waals surface area contributed by atoms with Crippen LogP contribution >= 0.6 is 0 Å². The fourth-order valence-corrected chi connectivity index (χ4v) is 4.64. The minimum absolute atomic E-state index is 0.0332. The molecule has 4 rings (SSSR count). The van der Waals surface area contributed by atoms with Crippen LogP contribution in [0.2, 0.25) is 0 Å². The van der Waals surface area contributed by atoms with Gasteiger partial charge in [-0.15, -0.1) is 10.2 Å². The number of sulfonamides is 1. The highest BCUT2D eigenvalue weighted by Crippen LogP contribution is 2.20. The van der Waals surface area contributed by atoms with E-state index in [-0.39, 0.29) is 5.75 Å². The van der Waals surface area contributed by atoms with Gasteiger partial charge in [0.25, 0.3) is 0 Å². The number of furan rings is 1.